The smallest absolute Gasteiger partial charge is 0.0848 e. The molecule has 2 heteroatoms. The zero-order valence-electron chi connectivity index (χ0n) is 30.1. The number of hydrogen-bond donors (Lipinski definition) is 0. The largest absolute Gasteiger partial charge is 0.251 e. The van der Waals surface area contributed by atoms with Gasteiger partial charge in [-0.05, 0) is 106 Å². The van der Waals surface area contributed by atoms with Gasteiger partial charge in [-0.3, -0.25) is 4.99 Å². The summed E-state index contributed by atoms with van der Waals surface area (Å²) in [5, 5.41) is 0. The predicted octanol–water partition coefficient (Wildman–Crippen LogP) is 14.4. The van der Waals surface area contributed by atoms with Gasteiger partial charge in [-0.2, -0.15) is 0 Å². The third-order valence-electron chi connectivity index (χ3n) is 8.46. The fraction of sp³-hybridized carbons (Fsp3) is 0.545. The first-order valence-corrected chi connectivity index (χ1v) is 19.0. The minimum absolute atomic E-state index is 0.950. The molecule has 0 radical (unpaired) electrons. The molecule has 0 saturated heterocycles. The molecule has 0 aromatic heterocycles. The number of para-hydroxylation sites is 2. The van der Waals surface area contributed by atoms with Crippen molar-refractivity contribution in [2.24, 2.45) is 9.98 Å². The van der Waals surface area contributed by atoms with Gasteiger partial charge < -0.3 is 0 Å². The first-order valence-electron chi connectivity index (χ1n) is 19.0. The summed E-state index contributed by atoms with van der Waals surface area (Å²) >= 11 is 0. The topological polar surface area (TPSA) is 24.7 Å². The monoisotopic (exact) mass is 623 g/mol. The van der Waals surface area contributed by atoms with Crippen LogP contribution in [-0.2, 0) is 12.8 Å². The molecule has 0 heterocycles. The van der Waals surface area contributed by atoms with Crippen LogP contribution in [0.2, 0.25) is 0 Å². The summed E-state index contributed by atoms with van der Waals surface area (Å²) in [5.74, 6) is 0. The van der Waals surface area contributed by atoms with Crippen LogP contribution in [0.1, 0.15) is 154 Å². The number of benzene rings is 2. The predicted molar refractivity (Wildman–Crippen MR) is 208 cm³/mol. The molecule has 2 nitrogen and oxygen atoms in total. The Labute approximate surface area is 284 Å². The van der Waals surface area contributed by atoms with Crippen LogP contribution in [0.4, 0.5) is 11.4 Å². The number of rotatable bonds is 26. The second kappa shape index (κ2) is 27.1. The Kier molecular flexibility index (Phi) is 23.1. The van der Waals surface area contributed by atoms with E-state index in [0.717, 1.165) is 80.6 Å². The summed E-state index contributed by atoms with van der Waals surface area (Å²) in [6, 6.07) is 17.5. The third kappa shape index (κ3) is 17.6. The van der Waals surface area contributed by atoms with E-state index < -0.39 is 0 Å². The Bertz CT molecular complexity index is 1200. The summed E-state index contributed by atoms with van der Waals surface area (Å²) in [7, 11) is 0. The second-order valence-electron chi connectivity index (χ2n) is 12.7. The number of nitrogens with zero attached hydrogens (tertiary/aromatic N) is 2. The zero-order valence-corrected chi connectivity index (χ0v) is 30.1. The quantitative estimate of drug-likeness (QED) is 0.0566. The maximum atomic E-state index is 5.43. The third-order valence-corrected chi connectivity index (χ3v) is 8.46. The van der Waals surface area contributed by atoms with E-state index in [4.69, 9.17) is 9.98 Å². The molecule has 2 aromatic carbocycles. The van der Waals surface area contributed by atoms with Crippen molar-refractivity contribution in [3.05, 3.63) is 96.1 Å². The van der Waals surface area contributed by atoms with Crippen molar-refractivity contribution < 1.29 is 0 Å². The molecular weight excluding hydrogens is 556 g/mol. The van der Waals surface area contributed by atoms with E-state index in [1.807, 2.05) is 0 Å². The molecule has 0 aliphatic carbocycles. The Morgan fingerprint density at radius 1 is 0.478 bits per heavy atom. The lowest BCUT2D eigenvalue weighted by Gasteiger charge is -2.12. The molecule has 0 spiro atoms. The van der Waals surface area contributed by atoms with Crippen LogP contribution in [0.25, 0.3) is 0 Å². The minimum Gasteiger partial charge on any atom is -0.251 e. The van der Waals surface area contributed by atoms with Crippen LogP contribution in [-0.4, -0.2) is 11.4 Å². The van der Waals surface area contributed by atoms with Gasteiger partial charge in [-0.15, -0.1) is 0 Å². The molecule has 0 fully saturated rings. The lowest BCUT2D eigenvalue weighted by atomic mass is 10.0. The number of unbranched alkanes of at least 4 members (excludes halogenated alkanes) is 11. The van der Waals surface area contributed by atoms with Crippen LogP contribution < -0.4 is 0 Å². The second-order valence-corrected chi connectivity index (χ2v) is 12.7. The van der Waals surface area contributed by atoms with E-state index in [1.165, 1.54) is 81.8 Å². The molecular formula is C44H66N2. The van der Waals surface area contributed by atoms with Gasteiger partial charge in [-0.25, -0.2) is 4.99 Å². The van der Waals surface area contributed by atoms with Gasteiger partial charge >= 0.3 is 0 Å². The fourth-order valence-electron chi connectivity index (χ4n) is 5.56. The number of aryl methyl sites for hydroxylation is 2. The molecule has 2 aromatic rings. The van der Waals surface area contributed by atoms with Crippen LogP contribution >= 0.6 is 0 Å². The number of aliphatic imine (C=N–C) groups is 2. The van der Waals surface area contributed by atoms with Crippen LogP contribution in [0.3, 0.4) is 0 Å². The molecule has 0 saturated carbocycles. The van der Waals surface area contributed by atoms with Crippen molar-refractivity contribution in [3.8, 4) is 0 Å². The highest BCUT2D eigenvalue weighted by atomic mass is 14.8. The lowest BCUT2D eigenvalue weighted by Crippen LogP contribution is -2.12. The van der Waals surface area contributed by atoms with E-state index in [1.54, 1.807) is 0 Å². The maximum Gasteiger partial charge on any atom is 0.0848 e. The van der Waals surface area contributed by atoms with E-state index in [0.29, 0.717) is 0 Å². The van der Waals surface area contributed by atoms with Crippen molar-refractivity contribution in [2.45, 2.75) is 156 Å². The van der Waals surface area contributed by atoms with Crippen molar-refractivity contribution in [1.82, 2.24) is 0 Å². The number of hydrogen-bond acceptors (Lipinski definition) is 2. The SMILES string of the molecule is CCCC/C=C/CCCc1ccccc1N=C(/C=C/CCCCC)C(CCCCC)=Nc1ccccc1CCC/C=C/CCCC. The molecule has 0 atom stereocenters. The summed E-state index contributed by atoms with van der Waals surface area (Å²) < 4.78 is 0. The molecule has 46 heavy (non-hydrogen) atoms. The fourth-order valence-corrected chi connectivity index (χ4v) is 5.56. The molecule has 0 bridgehead atoms. The average Bonchev–Trinajstić information content (AvgIpc) is 3.07. The van der Waals surface area contributed by atoms with Gasteiger partial charge in [0.2, 0.25) is 0 Å². The standard InChI is InChI=1S/C44H66N2/c1-5-9-13-16-18-21-24-31-39-33-27-29-35-41(39)45-43(37-23-12-8-4)44(38-26-20-15-11-7-3)46-42-36-30-28-34-40(42)32-25-22-19-17-14-10-6-2/h16-19,26-30,33-36,38H,5-15,20-25,31-32,37H2,1-4H3/b18-16+,19-17+,38-26+,45-43?,46-44?. The van der Waals surface area contributed by atoms with Crippen molar-refractivity contribution in [1.29, 1.82) is 0 Å². The van der Waals surface area contributed by atoms with Crippen LogP contribution in [0, 0.1) is 0 Å². The molecule has 252 valence electrons. The molecule has 0 aliphatic rings. The summed E-state index contributed by atoms with van der Waals surface area (Å²) in [6.45, 7) is 9.07. The number of allylic oxidation sites excluding steroid dienone is 6. The Morgan fingerprint density at radius 3 is 1.48 bits per heavy atom. The summed E-state index contributed by atoms with van der Waals surface area (Å²) in [5.41, 5.74) is 7.04. The van der Waals surface area contributed by atoms with Gasteiger partial charge in [0.25, 0.3) is 0 Å². The molecule has 0 N–H and O–H groups in total. The van der Waals surface area contributed by atoms with E-state index >= 15 is 0 Å². The highest BCUT2D eigenvalue weighted by molar-refractivity contribution is 6.47. The molecule has 0 aliphatic heterocycles. The van der Waals surface area contributed by atoms with E-state index in [9.17, 15) is 0 Å². The summed E-state index contributed by atoms with van der Waals surface area (Å²) in [6.07, 6.45) is 37.5. The maximum absolute atomic E-state index is 5.43. The highest BCUT2D eigenvalue weighted by Gasteiger charge is 2.11. The Balaban J connectivity index is 2.39. The first kappa shape index (κ1) is 39.2. The van der Waals surface area contributed by atoms with Gasteiger partial charge in [0, 0.05) is 0 Å². The van der Waals surface area contributed by atoms with E-state index in [-0.39, 0.29) is 0 Å². The van der Waals surface area contributed by atoms with Gasteiger partial charge in [0.05, 0.1) is 22.8 Å². The molecule has 2 rings (SSSR count). The van der Waals surface area contributed by atoms with E-state index in [2.05, 4.69) is 113 Å². The van der Waals surface area contributed by atoms with Crippen molar-refractivity contribution >= 4 is 22.8 Å². The normalized spacial score (nSPS) is 12.8. The summed E-state index contributed by atoms with van der Waals surface area (Å²) in [4.78, 5) is 10.8. The lowest BCUT2D eigenvalue weighted by molar-refractivity contribution is 0.729. The molecule has 0 unspecified atom stereocenters. The van der Waals surface area contributed by atoms with Crippen molar-refractivity contribution in [2.75, 3.05) is 0 Å². The first-order chi connectivity index (χ1) is 22.7. The Hall–Kier alpha value is -3.00. The van der Waals surface area contributed by atoms with Gasteiger partial charge in [0.15, 0.2) is 0 Å². The molecule has 0 amide bonds. The minimum atomic E-state index is 0.950. The average molecular weight is 623 g/mol. The Morgan fingerprint density at radius 2 is 0.935 bits per heavy atom. The highest BCUT2D eigenvalue weighted by Crippen LogP contribution is 2.25. The van der Waals surface area contributed by atoms with Crippen LogP contribution in [0.15, 0.2) is 95.0 Å². The van der Waals surface area contributed by atoms with Crippen molar-refractivity contribution in [3.63, 3.8) is 0 Å². The zero-order chi connectivity index (χ0) is 32.9. The van der Waals surface area contributed by atoms with Gasteiger partial charge in [-0.1, -0.05) is 146 Å². The van der Waals surface area contributed by atoms with Gasteiger partial charge in [0.1, 0.15) is 0 Å². The van der Waals surface area contributed by atoms with Crippen LogP contribution in [0.5, 0.6) is 0 Å².